The molecule has 0 saturated carbocycles. The Labute approximate surface area is 154 Å². The zero-order valence-corrected chi connectivity index (χ0v) is 15.6. The summed E-state index contributed by atoms with van der Waals surface area (Å²) >= 11 is 1.66. The predicted octanol–water partition coefficient (Wildman–Crippen LogP) is 3.57. The first kappa shape index (κ1) is 20.0. The lowest BCUT2D eigenvalue weighted by Gasteiger charge is -2.15. The number of nitrogens with one attached hydrogen (secondary N) is 2. The van der Waals surface area contributed by atoms with Crippen LogP contribution in [0.25, 0.3) is 0 Å². The van der Waals surface area contributed by atoms with Gasteiger partial charge in [-0.25, -0.2) is 4.98 Å². The Hall–Kier alpha value is -2.29. The second-order valence-electron chi connectivity index (χ2n) is 5.51. The molecular formula is C17H21F3N4OS. The van der Waals surface area contributed by atoms with Crippen LogP contribution in [0, 0.1) is 13.8 Å². The van der Waals surface area contributed by atoms with E-state index in [1.165, 1.54) is 17.0 Å². The first-order valence-corrected chi connectivity index (χ1v) is 8.81. The summed E-state index contributed by atoms with van der Waals surface area (Å²) in [5, 5.41) is 7.15. The highest BCUT2D eigenvalue weighted by Gasteiger charge is 2.31. The van der Waals surface area contributed by atoms with Crippen molar-refractivity contribution in [2.75, 3.05) is 13.6 Å². The second-order valence-corrected chi connectivity index (χ2v) is 6.80. The molecule has 0 bridgehead atoms. The fourth-order valence-corrected chi connectivity index (χ4v) is 3.14. The summed E-state index contributed by atoms with van der Waals surface area (Å²) in [6.45, 7) is 4.78. The van der Waals surface area contributed by atoms with Gasteiger partial charge < -0.3 is 15.4 Å². The van der Waals surface area contributed by atoms with Gasteiger partial charge in [0.05, 0.1) is 10.7 Å². The fraction of sp³-hybridized carbons (Fsp3) is 0.412. The molecule has 0 aliphatic heterocycles. The van der Waals surface area contributed by atoms with Crippen molar-refractivity contribution in [3.05, 3.63) is 45.4 Å². The highest BCUT2D eigenvalue weighted by molar-refractivity contribution is 7.11. The van der Waals surface area contributed by atoms with Gasteiger partial charge >= 0.3 is 6.36 Å². The highest BCUT2D eigenvalue weighted by atomic mass is 32.1. The maximum absolute atomic E-state index is 12.5. The third kappa shape index (κ3) is 6.21. The zero-order chi connectivity index (χ0) is 19.2. The number of benzene rings is 1. The number of halogens is 3. The number of hydrogen-bond donors (Lipinski definition) is 2. The van der Waals surface area contributed by atoms with Crippen LogP contribution in [-0.4, -0.2) is 30.9 Å². The molecule has 0 unspecified atom stereocenters. The van der Waals surface area contributed by atoms with Crippen LogP contribution < -0.4 is 15.4 Å². The molecule has 9 heteroatoms. The third-order valence-electron chi connectivity index (χ3n) is 3.57. The molecule has 0 radical (unpaired) electrons. The van der Waals surface area contributed by atoms with Gasteiger partial charge in [-0.1, -0.05) is 18.2 Å². The van der Waals surface area contributed by atoms with Crippen LogP contribution in [0.3, 0.4) is 0 Å². The van der Waals surface area contributed by atoms with Crippen molar-refractivity contribution in [3.63, 3.8) is 0 Å². The van der Waals surface area contributed by atoms with Crippen LogP contribution in [0.4, 0.5) is 13.2 Å². The lowest BCUT2D eigenvalue weighted by Crippen LogP contribution is -2.38. The number of ether oxygens (including phenoxy) is 1. The van der Waals surface area contributed by atoms with E-state index in [4.69, 9.17) is 0 Å². The van der Waals surface area contributed by atoms with E-state index in [0.717, 1.165) is 17.1 Å². The van der Waals surface area contributed by atoms with Crippen LogP contribution in [0.15, 0.2) is 29.3 Å². The number of hydrogen-bond acceptors (Lipinski definition) is 4. The van der Waals surface area contributed by atoms with Crippen LogP contribution in [0.2, 0.25) is 0 Å². The minimum atomic E-state index is -4.72. The summed E-state index contributed by atoms with van der Waals surface area (Å²) in [5.41, 5.74) is 1.42. The van der Waals surface area contributed by atoms with E-state index in [-0.39, 0.29) is 12.3 Å². The molecule has 0 saturated heterocycles. The number of guanidine groups is 1. The molecule has 0 aliphatic rings. The monoisotopic (exact) mass is 386 g/mol. The molecule has 2 N–H and O–H groups in total. The van der Waals surface area contributed by atoms with E-state index >= 15 is 0 Å². The Balaban J connectivity index is 1.87. The van der Waals surface area contributed by atoms with Crippen LogP contribution in [0.1, 0.15) is 21.1 Å². The number of aliphatic imine (C=N–C) groups is 1. The van der Waals surface area contributed by atoms with Gasteiger partial charge in [0, 0.05) is 37.0 Å². The number of para-hydroxylation sites is 1. The van der Waals surface area contributed by atoms with Crippen molar-refractivity contribution in [2.45, 2.75) is 33.2 Å². The summed E-state index contributed by atoms with van der Waals surface area (Å²) in [7, 11) is 1.60. The summed E-state index contributed by atoms with van der Waals surface area (Å²) in [5.74, 6) is 0.272. The van der Waals surface area contributed by atoms with Gasteiger partial charge in [0.25, 0.3) is 0 Å². The van der Waals surface area contributed by atoms with Crippen molar-refractivity contribution in [3.8, 4) is 5.75 Å². The topological polar surface area (TPSA) is 58.5 Å². The third-order valence-corrected chi connectivity index (χ3v) is 4.70. The van der Waals surface area contributed by atoms with Crippen LogP contribution in [0.5, 0.6) is 5.75 Å². The molecular weight excluding hydrogens is 365 g/mol. The number of rotatable bonds is 6. The van der Waals surface area contributed by atoms with Gasteiger partial charge in [0.2, 0.25) is 0 Å². The Morgan fingerprint density at radius 3 is 2.58 bits per heavy atom. The molecule has 0 atom stereocenters. The maximum Gasteiger partial charge on any atom is 0.573 e. The normalized spacial score (nSPS) is 12.2. The van der Waals surface area contributed by atoms with Gasteiger partial charge in [-0.15, -0.1) is 24.5 Å². The lowest BCUT2D eigenvalue weighted by atomic mass is 10.2. The quantitative estimate of drug-likeness (QED) is 0.589. The van der Waals surface area contributed by atoms with Crippen molar-refractivity contribution in [1.29, 1.82) is 0 Å². The van der Waals surface area contributed by atoms with Gasteiger partial charge in [-0.3, -0.25) is 4.99 Å². The zero-order valence-electron chi connectivity index (χ0n) is 14.8. The van der Waals surface area contributed by atoms with E-state index in [1.807, 2.05) is 13.8 Å². The predicted molar refractivity (Wildman–Crippen MR) is 96.6 cm³/mol. The molecule has 2 aromatic rings. The smallest absolute Gasteiger partial charge is 0.405 e. The molecule has 1 heterocycles. The van der Waals surface area contributed by atoms with Gasteiger partial charge in [0.15, 0.2) is 5.96 Å². The molecule has 5 nitrogen and oxygen atoms in total. The molecule has 2 rings (SSSR count). The first-order chi connectivity index (χ1) is 12.3. The van der Waals surface area contributed by atoms with Crippen molar-refractivity contribution in [1.82, 2.24) is 15.6 Å². The number of alkyl halides is 3. The SMILES string of the molecule is CN=C(NCCc1nc(C)c(C)s1)NCc1ccccc1OC(F)(F)F. The summed E-state index contributed by atoms with van der Waals surface area (Å²) in [4.78, 5) is 9.74. The van der Waals surface area contributed by atoms with E-state index in [2.05, 4.69) is 25.3 Å². The number of aromatic nitrogens is 1. The Morgan fingerprint density at radius 2 is 1.96 bits per heavy atom. The average molecular weight is 386 g/mol. The Bertz CT molecular complexity index is 739. The van der Waals surface area contributed by atoms with Gasteiger partial charge in [0.1, 0.15) is 5.75 Å². The minimum Gasteiger partial charge on any atom is -0.405 e. The van der Waals surface area contributed by atoms with E-state index in [9.17, 15) is 13.2 Å². The standard InChI is InChI=1S/C17H21F3N4OS/c1-11-12(2)26-15(24-11)8-9-22-16(21-3)23-10-13-6-4-5-7-14(13)25-17(18,19)20/h4-7H,8-10H2,1-3H3,(H2,21,22,23). The largest absolute Gasteiger partial charge is 0.573 e. The number of thiazole rings is 1. The summed E-state index contributed by atoms with van der Waals surface area (Å²) < 4.78 is 41.4. The van der Waals surface area contributed by atoms with Crippen molar-refractivity contribution in [2.24, 2.45) is 4.99 Å². The summed E-state index contributed by atoms with van der Waals surface area (Å²) in [6, 6.07) is 6.01. The lowest BCUT2D eigenvalue weighted by molar-refractivity contribution is -0.274. The van der Waals surface area contributed by atoms with E-state index in [1.54, 1.807) is 30.5 Å². The average Bonchev–Trinajstić information content (AvgIpc) is 2.88. The molecule has 1 aromatic carbocycles. The fourth-order valence-electron chi connectivity index (χ4n) is 2.21. The molecule has 1 aromatic heterocycles. The highest BCUT2D eigenvalue weighted by Crippen LogP contribution is 2.26. The molecule has 0 fully saturated rings. The van der Waals surface area contributed by atoms with Crippen LogP contribution >= 0.6 is 11.3 Å². The summed E-state index contributed by atoms with van der Waals surface area (Å²) in [6.07, 6.45) is -3.98. The Kier molecular flexibility index (Phi) is 6.84. The molecule has 0 spiro atoms. The maximum atomic E-state index is 12.5. The van der Waals surface area contributed by atoms with Crippen molar-refractivity contribution < 1.29 is 17.9 Å². The molecule has 0 amide bonds. The number of aryl methyl sites for hydroxylation is 2. The van der Waals surface area contributed by atoms with E-state index in [0.29, 0.717) is 18.1 Å². The number of nitrogens with zero attached hydrogens (tertiary/aromatic N) is 2. The molecule has 0 aliphatic carbocycles. The second kappa shape index (κ2) is 8.88. The minimum absolute atomic E-state index is 0.154. The van der Waals surface area contributed by atoms with Crippen molar-refractivity contribution >= 4 is 17.3 Å². The van der Waals surface area contributed by atoms with Crippen LogP contribution in [-0.2, 0) is 13.0 Å². The molecule has 142 valence electrons. The van der Waals surface area contributed by atoms with Gasteiger partial charge in [-0.2, -0.15) is 0 Å². The Morgan fingerprint density at radius 1 is 1.23 bits per heavy atom. The van der Waals surface area contributed by atoms with E-state index < -0.39 is 6.36 Å². The van der Waals surface area contributed by atoms with Gasteiger partial charge in [-0.05, 0) is 19.9 Å². The molecule has 26 heavy (non-hydrogen) atoms. The first-order valence-electron chi connectivity index (χ1n) is 7.99.